The van der Waals surface area contributed by atoms with Gasteiger partial charge in [-0.2, -0.15) is 0 Å². The third-order valence-electron chi connectivity index (χ3n) is 5.27. The molecule has 0 unspecified atom stereocenters. The third-order valence-corrected chi connectivity index (χ3v) is 5.27. The minimum absolute atomic E-state index is 0.290. The summed E-state index contributed by atoms with van der Waals surface area (Å²) < 4.78 is 25.5. The molecule has 0 spiro atoms. The molecule has 8 heteroatoms. The second-order valence-electron chi connectivity index (χ2n) is 7.97. The Morgan fingerprint density at radius 2 is 2.00 bits per heavy atom. The maximum atomic E-state index is 12.3. The van der Waals surface area contributed by atoms with E-state index in [0.717, 1.165) is 5.56 Å². The molecule has 156 valence electrons. The summed E-state index contributed by atoms with van der Waals surface area (Å²) in [5, 5.41) is 0. The quantitative estimate of drug-likeness (QED) is 0.821. The molecule has 2 saturated heterocycles. The van der Waals surface area contributed by atoms with E-state index < -0.39 is 29.4 Å². The van der Waals surface area contributed by atoms with Crippen LogP contribution in [0, 0.1) is 6.92 Å². The van der Waals surface area contributed by atoms with E-state index in [0.29, 0.717) is 25.2 Å². The van der Waals surface area contributed by atoms with Crippen LogP contribution in [-0.2, 0) is 25.6 Å². The highest BCUT2D eigenvalue weighted by Gasteiger charge is 2.47. The number of aromatic nitrogens is 2. The average Bonchev–Trinajstić information content (AvgIpc) is 3.26. The van der Waals surface area contributed by atoms with Crippen LogP contribution in [0.15, 0.2) is 46.1 Å². The fourth-order valence-electron chi connectivity index (χ4n) is 3.78. The van der Waals surface area contributed by atoms with Crippen molar-refractivity contribution < 1.29 is 18.9 Å². The van der Waals surface area contributed by atoms with Crippen LogP contribution < -0.4 is 11.2 Å². The zero-order valence-electron chi connectivity index (χ0n) is 16.8. The van der Waals surface area contributed by atoms with Gasteiger partial charge in [0.1, 0.15) is 18.4 Å². The topological polar surface area (TPSA) is 91.8 Å². The number of nitrogens with zero attached hydrogens (tertiary/aromatic N) is 1. The molecule has 2 aromatic rings. The Morgan fingerprint density at radius 3 is 2.69 bits per heavy atom. The van der Waals surface area contributed by atoms with Crippen LogP contribution in [0.3, 0.4) is 0 Å². The fourth-order valence-corrected chi connectivity index (χ4v) is 3.78. The van der Waals surface area contributed by atoms with Gasteiger partial charge < -0.3 is 18.9 Å². The van der Waals surface area contributed by atoms with Crippen molar-refractivity contribution >= 4 is 0 Å². The molecule has 29 heavy (non-hydrogen) atoms. The van der Waals surface area contributed by atoms with Gasteiger partial charge in [0.15, 0.2) is 5.79 Å². The Balaban J connectivity index is 1.56. The summed E-state index contributed by atoms with van der Waals surface area (Å²) >= 11 is 0. The molecule has 1 aromatic heterocycles. The van der Waals surface area contributed by atoms with E-state index in [1.807, 2.05) is 44.2 Å². The molecule has 0 saturated carbocycles. The van der Waals surface area contributed by atoms with Gasteiger partial charge in [0.2, 0.25) is 0 Å². The molecule has 2 fully saturated rings. The molecule has 4 atom stereocenters. The summed E-state index contributed by atoms with van der Waals surface area (Å²) in [5.74, 6) is -0.693. The molecule has 2 aliphatic rings. The molecule has 0 amide bonds. The van der Waals surface area contributed by atoms with Crippen molar-refractivity contribution in [3.8, 4) is 0 Å². The van der Waals surface area contributed by atoms with Crippen LogP contribution in [0.1, 0.15) is 37.6 Å². The number of hydrogen-bond acceptors (Lipinski definition) is 6. The molecule has 0 aliphatic carbocycles. The van der Waals surface area contributed by atoms with Crippen molar-refractivity contribution in [2.75, 3.05) is 6.61 Å². The molecule has 0 radical (unpaired) electrons. The highest BCUT2D eigenvalue weighted by molar-refractivity contribution is 5.13. The summed E-state index contributed by atoms with van der Waals surface area (Å²) in [6.45, 7) is 6.18. The van der Waals surface area contributed by atoms with Crippen LogP contribution in [-0.4, -0.2) is 40.3 Å². The number of benzene rings is 1. The number of aryl methyl sites for hydroxylation is 1. The maximum absolute atomic E-state index is 12.3. The van der Waals surface area contributed by atoms with Crippen LogP contribution in [0.5, 0.6) is 0 Å². The van der Waals surface area contributed by atoms with Gasteiger partial charge in [0, 0.05) is 18.2 Å². The Morgan fingerprint density at radius 1 is 1.24 bits per heavy atom. The summed E-state index contributed by atoms with van der Waals surface area (Å²) in [6.07, 6.45) is 0.430. The zero-order valence-corrected chi connectivity index (χ0v) is 16.8. The van der Waals surface area contributed by atoms with Gasteiger partial charge in [0.25, 0.3) is 5.56 Å². The highest BCUT2D eigenvalue weighted by Crippen LogP contribution is 2.37. The molecule has 0 bridgehead atoms. The monoisotopic (exact) mass is 402 g/mol. The lowest BCUT2D eigenvalue weighted by Gasteiger charge is -2.25. The van der Waals surface area contributed by atoms with E-state index in [9.17, 15) is 9.59 Å². The van der Waals surface area contributed by atoms with Gasteiger partial charge >= 0.3 is 5.69 Å². The summed E-state index contributed by atoms with van der Waals surface area (Å²) in [5.41, 5.74) is 0.597. The van der Waals surface area contributed by atoms with Gasteiger partial charge in [0.05, 0.1) is 19.3 Å². The molecule has 1 aromatic carbocycles. The number of nitrogens with one attached hydrogen (secondary N) is 1. The van der Waals surface area contributed by atoms with Gasteiger partial charge in [-0.3, -0.25) is 14.3 Å². The van der Waals surface area contributed by atoms with E-state index in [1.165, 1.54) is 10.8 Å². The largest absolute Gasteiger partial charge is 0.371 e. The number of ether oxygens (including phenoxy) is 4. The molecule has 1 N–H and O–H groups in total. The number of rotatable bonds is 5. The van der Waals surface area contributed by atoms with Crippen LogP contribution >= 0.6 is 0 Å². The normalized spacial score (nSPS) is 28.7. The lowest BCUT2D eigenvalue weighted by Crippen LogP contribution is -2.39. The molecule has 2 aliphatic heterocycles. The van der Waals surface area contributed by atoms with Crippen LogP contribution in [0.25, 0.3) is 0 Å². The Hall–Kier alpha value is -2.26. The van der Waals surface area contributed by atoms with E-state index in [-0.39, 0.29) is 12.2 Å². The standard InChI is InChI=1S/C21H26N2O6/c1-13-10-23(20(25)22-19(13)24)17-9-15(26-11-14-7-5-4-6-8-14)18(28-17)16-12-27-21(2,3)29-16/h4-8,10,15-18H,9,11-12H2,1-3H3,(H,22,24,25)/t15-,16+,17+,18-/m1/s1. The van der Waals surface area contributed by atoms with E-state index >= 15 is 0 Å². The first-order chi connectivity index (χ1) is 13.8. The Labute approximate surface area is 168 Å². The van der Waals surface area contributed by atoms with Gasteiger partial charge in [-0.1, -0.05) is 30.3 Å². The summed E-state index contributed by atoms with van der Waals surface area (Å²) in [4.78, 5) is 26.4. The fraction of sp³-hybridized carbons (Fsp3) is 0.524. The second kappa shape index (κ2) is 7.87. The smallest absolute Gasteiger partial charge is 0.330 e. The molecule has 8 nitrogen and oxygen atoms in total. The molecular weight excluding hydrogens is 376 g/mol. The number of H-pyrrole nitrogens is 1. The van der Waals surface area contributed by atoms with E-state index in [2.05, 4.69) is 4.98 Å². The van der Waals surface area contributed by atoms with Crippen molar-refractivity contribution in [3.05, 3.63) is 68.5 Å². The van der Waals surface area contributed by atoms with Gasteiger partial charge in [-0.25, -0.2) is 4.79 Å². The lowest BCUT2D eigenvalue weighted by molar-refractivity contribution is -0.168. The summed E-state index contributed by atoms with van der Waals surface area (Å²) in [7, 11) is 0. The Bertz CT molecular complexity index is 967. The van der Waals surface area contributed by atoms with Crippen molar-refractivity contribution in [1.29, 1.82) is 0 Å². The van der Waals surface area contributed by atoms with E-state index in [1.54, 1.807) is 6.92 Å². The summed E-state index contributed by atoms with van der Waals surface area (Å²) in [6, 6.07) is 9.87. The van der Waals surface area contributed by atoms with Crippen molar-refractivity contribution in [3.63, 3.8) is 0 Å². The van der Waals surface area contributed by atoms with E-state index in [4.69, 9.17) is 18.9 Å². The average molecular weight is 402 g/mol. The maximum Gasteiger partial charge on any atom is 0.330 e. The first-order valence-electron chi connectivity index (χ1n) is 9.77. The van der Waals surface area contributed by atoms with Crippen LogP contribution in [0.2, 0.25) is 0 Å². The van der Waals surface area contributed by atoms with Crippen molar-refractivity contribution in [2.45, 2.75) is 64.1 Å². The van der Waals surface area contributed by atoms with Gasteiger partial charge in [-0.15, -0.1) is 0 Å². The van der Waals surface area contributed by atoms with Crippen molar-refractivity contribution in [2.24, 2.45) is 0 Å². The second-order valence-corrected chi connectivity index (χ2v) is 7.97. The first-order valence-corrected chi connectivity index (χ1v) is 9.77. The predicted octanol–water partition coefficient (Wildman–Crippen LogP) is 1.87. The lowest BCUT2D eigenvalue weighted by atomic mass is 10.1. The molecular formula is C21H26N2O6. The highest BCUT2D eigenvalue weighted by atomic mass is 16.8. The Kier molecular flexibility index (Phi) is 5.44. The molecule has 3 heterocycles. The molecule has 4 rings (SSSR count). The number of hydrogen-bond donors (Lipinski definition) is 1. The van der Waals surface area contributed by atoms with Gasteiger partial charge in [-0.05, 0) is 26.3 Å². The minimum Gasteiger partial charge on any atom is -0.371 e. The first kappa shape index (κ1) is 20.0. The third kappa shape index (κ3) is 4.35. The van der Waals surface area contributed by atoms with Crippen molar-refractivity contribution in [1.82, 2.24) is 9.55 Å². The van der Waals surface area contributed by atoms with Crippen LogP contribution in [0.4, 0.5) is 0 Å². The zero-order chi connectivity index (χ0) is 20.6. The predicted molar refractivity (Wildman–Crippen MR) is 105 cm³/mol. The SMILES string of the molecule is Cc1cn([C@@H]2C[C@@H](OCc3ccccc3)[C@H]([C@@H]3COC(C)(C)O3)O2)c(=O)[nH]c1=O. The minimum atomic E-state index is -0.693. The number of aromatic amines is 1.